The number of hydrogen-bond donors (Lipinski definition) is 0. The van der Waals surface area contributed by atoms with Gasteiger partial charge < -0.3 is 0 Å². The van der Waals surface area contributed by atoms with Gasteiger partial charge in [-0.3, -0.25) is 0 Å². The molecular formula is C15H8ClF4N3. The fraction of sp³-hybridized carbons (Fsp3) is 0.0667. The summed E-state index contributed by atoms with van der Waals surface area (Å²) in [6, 6.07) is 5.57. The van der Waals surface area contributed by atoms with Gasteiger partial charge in [0, 0.05) is 17.7 Å². The molecule has 0 unspecified atom stereocenters. The minimum absolute atomic E-state index is 0.0195. The SMILES string of the molecule is Fc1cc(F)cc(-c2c(CCl)nnn2-c2cc(F)cc(F)c2)c1. The van der Waals surface area contributed by atoms with E-state index in [-0.39, 0.29) is 28.5 Å². The topological polar surface area (TPSA) is 30.7 Å². The van der Waals surface area contributed by atoms with E-state index in [0.717, 1.165) is 28.9 Å². The zero-order chi connectivity index (χ0) is 16.6. The quantitative estimate of drug-likeness (QED) is 0.527. The number of alkyl halides is 1. The van der Waals surface area contributed by atoms with Gasteiger partial charge in [-0.05, 0) is 24.3 Å². The van der Waals surface area contributed by atoms with Crippen molar-refractivity contribution in [1.82, 2.24) is 15.0 Å². The average Bonchev–Trinajstić information content (AvgIpc) is 2.89. The monoisotopic (exact) mass is 341 g/mol. The second kappa shape index (κ2) is 6.00. The van der Waals surface area contributed by atoms with Crippen molar-refractivity contribution in [2.75, 3.05) is 0 Å². The molecule has 3 rings (SSSR count). The molecule has 1 aromatic heterocycles. The second-order valence-corrected chi connectivity index (χ2v) is 4.98. The molecule has 0 saturated carbocycles. The Morgan fingerprint density at radius 2 is 1.35 bits per heavy atom. The van der Waals surface area contributed by atoms with Crippen LogP contribution in [0.3, 0.4) is 0 Å². The normalized spacial score (nSPS) is 11.0. The summed E-state index contributed by atoms with van der Waals surface area (Å²) in [4.78, 5) is 0. The number of benzene rings is 2. The van der Waals surface area contributed by atoms with Crippen LogP contribution in [0.1, 0.15) is 5.69 Å². The number of nitrogens with zero attached hydrogens (tertiary/aromatic N) is 3. The van der Waals surface area contributed by atoms with Crippen LogP contribution in [0.5, 0.6) is 0 Å². The maximum Gasteiger partial charge on any atom is 0.128 e. The standard InChI is InChI=1S/C15H8ClF4N3/c16-7-14-15(8-1-9(17)3-10(18)2-8)23(22-21-14)13-5-11(19)4-12(20)6-13/h1-6H,7H2. The van der Waals surface area contributed by atoms with Gasteiger partial charge in [-0.25, -0.2) is 22.2 Å². The van der Waals surface area contributed by atoms with Gasteiger partial charge in [0.25, 0.3) is 0 Å². The van der Waals surface area contributed by atoms with Crippen molar-refractivity contribution in [3.63, 3.8) is 0 Å². The Balaban J connectivity index is 2.25. The molecule has 0 fully saturated rings. The molecule has 3 nitrogen and oxygen atoms in total. The molecule has 3 aromatic rings. The Kier molecular flexibility index (Phi) is 4.04. The van der Waals surface area contributed by atoms with Crippen molar-refractivity contribution >= 4 is 11.6 Å². The van der Waals surface area contributed by atoms with Crippen LogP contribution in [-0.4, -0.2) is 15.0 Å². The van der Waals surface area contributed by atoms with Gasteiger partial charge in [0.2, 0.25) is 0 Å². The van der Waals surface area contributed by atoms with Gasteiger partial charge in [-0.15, -0.1) is 16.7 Å². The lowest BCUT2D eigenvalue weighted by Crippen LogP contribution is -2.02. The predicted octanol–water partition coefficient (Wildman–Crippen LogP) is 4.23. The Labute approximate surface area is 133 Å². The molecule has 0 saturated heterocycles. The minimum Gasteiger partial charge on any atom is -0.212 e. The summed E-state index contributed by atoms with van der Waals surface area (Å²) >= 11 is 5.77. The van der Waals surface area contributed by atoms with Crippen LogP contribution in [0.2, 0.25) is 0 Å². The van der Waals surface area contributed by atoms with Crippen LogP contribution in [0.15, 0.2) is 36.4 Å². The first-order valence-electron chi connectivity index (χ1n) is 6.41. The first-order chi connectivity index (χ1) is 11.0. The Bertz CT molecular complexity index is 839. The van der Waals surface area contributed by atoms with Gasteiger partial charge in [0.1, 0.15) is 29.0 Å². The highest BCUT2D eigenvalue weighted by Gasteiger charge is 2.18. The van der Waals surface area contributed by atoms with Gasteiger partial charge in [0.15, 0.2) is 0 Å². The lowest BCUT2D eigenvalue weighted by atomic mass is 10.1. The molecule has 0 atom stereocenters. The number of aromatic nitrogens is 3. The summed E-state index contributed by atoms with van der Waals surface area (Å²) in [5.74, 6) is -3.35. The zero-order valence-electron chi connectivity index (χ0n) is 11.4. The summed E-state index contributed by atoms with van der Waals surface area (Å²) < 4.78 is 54.9. The van der Waals surface area contributed by atoms with E-state index in [2.05, 4.69) is 10.3 Å². The third kappa shape index (κ3) is 3.05. The van der Waals surface area contributed by atoms with Crippen LogP contribution < -0.4 is 0 Å². The van der Waals surface area contributed by atoms with Gasteiger partial charge >= 0.3 is 0 Å². The van der Waals surface area contributed by atoms with Crippen molar-refractivity contribution in [3.8, 4) is 16.9 Å². The number of rotatable bonds is 3. The first-order valence-corrected chi connectivity index (χ1v) is 6.95. The zero-order valence-corrected chi connectivity index (χ0v) is 12.2. The molecule has 2 aromatic carbocycles. The van der Waals surface area contributed by atoms with Gasteiger partial charge in [0.05, 0.1) is 17.3 Å². The van der Waals surface area contributed by atoms with Crippen molar-refractivity contribution in [1.29, 1.82) is 0 Å². The third-order valence-corrected chi connectivity index (χ3v) is 3.35. The molecular weight excluding hydrogens is 334 g/mol. The molecule has 0 amide bonds. The van der Waals surface area contributed by atoms with Crippen LogP contribution in [-0.2, 0) is 5.88 Å². The third-order valence-electron chi connectivity index (χ3n) is 3.09. The van der Waals surface area contributed by atoms with Crippen LogP contribution >= 0.6 is 11.6 Å². The summed E-state index contributed by atoms with van der Waals surface area (Å²) in [7, 11) is 0. The van der Waals surface area contributed by atoms with E-state index in [9.17, 15) is 17.6 Å². The Morgan fingerprint density at radius 1 is 0.826 bits per heavy atom. The average molecular weight is 342 g/mol. The van der Waals surface area contributed by atoms with E-state index in [0.29, 0.717) is 12.1 Å². The number of hydrogen-bond acceptors (Lipinski definition) is 2. The molecule has 1 heterocycles. The van der Waals surface area contributed by atoms with E-state index < -0.39 is 23.3 Å². The Morgan fingerprint density at radius 3 is 1.87 bits per heavy atom. The number of halogens is 5. The highest BCUT2D eigenvalue weighted by Crippen LogP contribution is 2.28. The maximum absolute atomic E-state index is 13.5. The molecule has 0 aliphatic carbocycles. The fourth-order valence-corrected chi connectivity index (χ4v) is 2.40. The summed E-state index contributed by atoms with van der Waals surface area (Å²) in [5, 5.41) is 7.58. The molecule has 0 N–H and O–H groups in total. The van der Waals surface area contributed by atoms with Crippen LogP contribution in [0.4, 0.5) is 17.6 Å². The molecule has 0 bridgehead atoms. The predicted molar refractivity (Wildman–Crippen MR) is 76.2 cm³/mol. The highest BCUT2D eigenvalue weighted by molar-refractivity contribution is 6.17. The second-order valence-electron chi connectivity index (χ2n) is 4.72. The molecule has 0 aliphatic heterocycles. The van der Waals surface area contributed by atoms with Crippen LogP contribution in [0.25, 0.3) is 16.9 Å². The molecule has 23 heavy (non-hydrogen) atoms. The highest BCUT2D eigenvalue weighted by atomic mass is 35.5. The van der Waals surface area contributed by atoms with E-state index in [1.807, 2.05) is 0 Å². The fourth-order valence-electron chi connectivity index (χ4n) is 2.22. The van der Waals surface area contributed by atoms with E-state index in [1.54, 1.807) is 0 Å². The van der Waals surface area contributed by atoms with E-state index in [1.165, 1.54) is 0 Å². The maximum atomic E-state index is 13.5. The molecule has 0 aliphatic rings. The Hall–Kier alpha value is -2.41. The molecule has 118 valence electrons. The summed E-state index contributed by atoms with van der Waals surface area (Å²) in [6.45, 7) is 0. The lowest BCUT2D eigenvalue weighted by Gasteiger charge is -2.09. The lowest BCUT2D eigenvalue weighted by molar-refractivity contribution is 0.578. The minimum atomic E-state index is -0.820. The first kappa shape index (κ1) is 15.5. The van der Waals surface area contributed by atoms with Crippen molar-refractivity contribution < 1.29 is 17.6 Å². The van der Waals surface area contributed by atoms with E-state index in [4.69, 9.17) is 11.6 Å². The van der Waals surface area contributed by atoms with Crippen molar-refractivity contribution in [2.24, 2.45) is 0 Å². The summed E-state index contributed by atoms with van der Waals surface area (Å²) in [5.41, 5.74) is 0.503. The van der Waals surface area contributed by atoms with Gasteiger partial charge in [-0.2, -0.15) is 0 Å². The largest absolute Gasteiger partial charge is 0.212 e. The van der Waals surface area contributed by atoms with Gasteiger partial charge in [-0.1, -0.05) is 5.21 Å². The van der Waals surface area contributed by atoms with Crippen molar-refractivity contribution in [3.05, 3.63) is 65.4 Å². The van der Waals surface area contributed by atoms with E-state index >= 15 is 0 Å². The van der Waals surface area contributed by atoms with Crippen molar-refractivity contribution in [2.45, 2.75) is 5.88 Å². The molecule has 0 spiro atoms. The molecule has 8 heteroatoms. The smallest absolute Gasteiger partial charge is 0.128 e. The van der Waals surface area contributed by atoms with Crippen LogP contribution in [0, 0.1) is 23.3 Å². The molecule has 0 radical (unpaired) electrons. The summed E-state index contributed by atoms with van der Waals surface area (Å²) in [6.07, 6.45) is 0.